The van der Waals surface area contributed by atoms with Crippen LogP contribution < -0.4 is 5.73 Å². The van der Waals surface area contributed by atoms with E-state index in [2.05, 4.69) is 18.7 Å². The lowest BCUT2D eigenvalue weighted by Gasteiger charge is -2.36. The first-order valence-corrected chi connectivity index (χ1v) is 5.76. The van der Waals surface area contributed by atoms with Crippen molar-refractivity contribution in [3.05, 3.63) is 0 Å². The van der Waals surface area contributed by atoms with Gasteiger partial charge in [-0.15, -0.1) is 12.4 Å². The van der Waals surface area contributed by atoms with Crippen molar-refractivity contribution in [3.8, 4) is 0 Å². The van der Waals surface area contributed by atoms with E-state index in [0.29, 0.717) is 13.2 Å². The van der Waals surface area contributed by atoms with Crippen molar-refractivity contribution in [1.29, 1.82) is 0 Å². The third-order valence-electron chi connectivity index (χ3n) is 3.03. The van der Waals surface area contributed by atoms with Crippen LogP contribution in [0, 0.1) is 5.92 Å². The van der Waals surface area contributed by atoms with E-state index in [1.807, 2.05) is 0 Å². The molecule has 0 aromatic heterocycles. The van der Waals surface area contributed by atoms with Crippen molar-refractivity contribution in [2.24, 2.45) is 11.7 Å². The van der Waals surface area contributed by atoms with Crippen LogP contribution in [-0.2, 0) is 4.74 Å². The van der Waals surface area contributed by atoms with Gasteiger partial charge in [0.2, 0.25) is 0 Å². The SMILES string of the molecule is CC1CCC(C)N(CCOCCN)C1.Cl. The molecule has 1 rings (SSSR count). The Hall–Kier alpha value is 0.170. The molecule has 2 N–H and O–H groups in total. The number of halogens is 1. The predicted octanol–water partition coefficient (Wildman–Crippen LogP) is 1.50. The van der Waals surface area contributed by atoms with Gasteiger partial charge < -0.3 is 10.5 Å². The Balaban J connectivity index is 0.00000196. The van der Waals surface area contributed by atoms with Crippen LogP contribution in [0.15, 0.2) is 0 Å². The molecular weight excluding hydrogens is 212 g/mol. The zero-order valence-corrected chi connectivity index (χ0v) is 10.8. The molecule has 0 amide bonds. The Labute approximate surface area is 99.7 Å². The molecule has 1 saturated heterocycles. The molecule has 2 unspecified atom stereocenters. The van der Waals surface area contributed by atoms with Crippen LogP contribution in [0.3, 0.4) is 0 Å². The lowest BCUT2D eigenvalue weighted by atomic mass is 9.95. The number of hydrogen-bond acceptors (Lipinski definition) is 3. The van der Waals surface area contributed by atoms with Crippen molar-refractivity contribution >= 4 is 12.4 Å². The second kappa shape index (κ2) is 8.34. The minimum Gasteiger partial charge on any atom is -0.379 e. The molecule has 3 nitrogen and oxygen atoms in total. The summed E-state index contributed by atoms with van der Waals surface area (Å²) in [4.78, 5) is 2.53. The molecule has 0 bridgehead atoms. The molecule has 1 aliphatic rings. The predicted molar refractivity (Wildman–Crippen MR) is 66.6 cm³/mol. The highest BCUT2D eigenvalue weighted by atomic mass is 35.5. The van der Waals surface area contributed by atoms with Crippen LogP contribution in [0.4, 0.5) is 0 Å². The van der Waals surface area contributed by atoms with Crippen LogP contribution in [-0.4, -0.2) is 43.8 Å². The average Bonchev–Trinajstić information content (AvgIpc) is 2.18. The number of piperidine rings is 1. The van der Waals surface area contributed by atoms with Crippen molar-refractivity contribution in [2.45, 2.75) is 32.7 Å². The maximum Gasteiger partial charge on any atom is 0.0594 e. The van der Waals surface area contributed by atoms with E-state index in [-0.39, 0.29) is 12.4 Å². The Morgan fingerprint density at radius 2 is 2.00 bits per heavy atom. The van der Waals surface area contributed by atoms with Crippen LogP contribution in [0.25, 0.3) is 0 Å². The van der Waals surface area contributed by atoms with E-state index in [1.54, 1.807) is 0 Å². The molecule has 0 aromatic carbocycles. The van der Waals surface area contributed by atoms with Crippen LogP contribution >= 0.6 is 12.4 Å². The fourth-order valence-electron chi connectivity index (χ4n) is 2.06. The third-order valence-corrected chi connectivity index (χ3v) is 3.03. The first-order valence-electron chi connectivity index (χ1n) is 5.76. The highest BCUT2D eigenvalue weighted by Crippen LogP contribution is 2.20. The largest absolute Gasteiger partial charge is 0.379 e. The number of hydrogen-bond donors (Lipinski definition) is 1. The summed E-state index contributed by atoms with van der Waals surface area (Å²) in [7, 11) is 0. The Bertz CT molecular complexity index is 158. The van der Waals surface area contributed by atoms with Gasteiger partial charge in [0.1, 0.15) is 0 Å². The van der Waals surface area contributed by atoms with Gasteiger partial charge in [0.25, 0.3) is 0 Å². The zero-order chi connectivity index (χ0) is 10.4. The average molecular weight is 237 g/mol. The molecule has 0 saturated carbocycles. The molecular formula is C11H25ClN2O. The van der Waals surface area contributed by atoms with E-state index >= 15 is 0 Å². The van der Waals surface area contributed by atoms with E-state index in [1.165, 1.54) is 19.4 Å². The Kier molecular flexibility index (Phi) is 8.43. The van der Waals surface area contributed by atoms with Gasteiger partial charge in [-0.1, -0.05) is 6.92 Å². The molecule has 0 aliphatic carbocycles. The second-order valence-electron chi connectivity index (χ2n) is 4.43. The molecule has 1 aliphatic heterocycles. The van der Waals surface area contributed by atoms with Gasteiger partial charge in [-0.2, -0.15) is 0 Å². The fraction of sp³-hybridized carbons (Fsp3) is 1.00. The quantitative estimate of drug-likeness (QED) is 0.736. The number of rotatable bonds is 5. The standard InChI is InChI=1S/C11H24N2O.ClH/c1-10-3-4-11(2)13(9-10)6-8-14-7-5-12;/h10-11H,3-9,12H2,1-2H3;1H. The summed E-state index contributed by atoms with van der Waals surface area (Å²) in [5.41, 5.74) is 5.36. The van der Waals surface area contributed by atoms with Crippen LogP contribution in [0.5, 0.6) is 0 Å². The highest BCUT2D eigenvalue weighted by Gasteiger charge is 2.21. The lowest BCUT2D eigenvalue weighted by molar-refractivity contribution is 0.0659. The number of ether oxygens (including phenoxy) is 1. The zero-order valence-electron chi connectivity index (χ0n) is 9.95. The maximum atomic E-state index is 5.40. The van der Waals surface area contributed by atoms with Gasteiger partial charge in [-0.3, -0.25) is 4.90 Å². The van der Waals surface area contributed by atoms with E-state index in [9.17, 15) is 0 Å². The number of likely N-dealkylation sites (tertiary alicyclic amines) is 1. The fourth-order valence-corrected chi connectivity index (χ4v) is 2.06. The van der Waals surface area contributed by atoms with Crippen molar-refractivity contribution in [3.63, 3.8) is 0 Å². The summed E-state index contributed by atoms with van der Waals surface area (Å²) in [6, 6.07) is 0.729. The summed E-state index contributed by atoms with van der Waals surface area (Å²) in [6.07, 6.45) is 2.71. The van der Waals surface area contributed by atoms with Gasteiger partial charge >= 0.3 is 0 Å². The lowest BCUT2D eigenvalue weighted by Crippen LogP contribution is -2.42. The minimum absolute atomic E-state index is 0. The molecule has 15 heavy (non-hydrogen) atoms. The van der Waals surface area contributed by atoms with E-state index < -0.39 is 0 Å². The molecule has 4 heteroatoms. The molecule has 1 heterocycles. The molecule has 2 atom stereocenters. The van der Waals surface area contributed by atoms with Gasteiger partial charge in [0.05, 0.1) is 13.2 Å². The molecule has 1 fully saturated rings. The Morgan fingerprint density at radius 1 is 1.27 bits per heavy atom. The second-order valence-corrected chi connectivity index (χ2v) is 4.43. The summed E-state index contributed by atoms with van der Waals surface area (Å²) in [6.45, 7) is 9.09. The first kappa shape index (κ1) is 15.2. The molecule has 92 valence electrons. The molecule has 0 radical (unpaired) electrons. The van der Waals surface area contributed by atoms with Crippen molar-refractivity contribution in [1.82, 2.24) is 4.90 Å². The topological polar surface area (TPSA) is 38.5 Å². The summed E-state index contributed by atoms with van der Waals surface area (Å²) < 4.78 is 5.40. The maximum absolute atomic E-state index is 5.40. The van der Waals surface area contributed by atoms with Gasteiger partial charge in [-0.05, 0) is 25.7 Å². The van der Waals surface area contributed by atoms with Crippen molar-refractivity contribution < 1.29 is 4.74 Å². The van der Waals surface area contributed by atoms with Crippen molar-refractivity contribution in [2.75, 3.05) is 32.8 Å². The van der Waals surface area contributed by atoms with Gasteiger partial charge in [0.15, 0.2) is 0 Å². The first-order chi connectivity index (χ1) is 6.74. The minimum atomic E-state index is 0. The smallest absolute Gasteiger partial charge is 0.0594 e. The Morgan fingerprint density at radius 3 is 2.67 bits per heavy atom. The molecule has 0 spiro atoms. The third kappa shape index (κ3) is 5.71. The number of nitrogens with two attached hydrogens (primary N) is 1. The van der Waals surface area contributed by atoms with Gasteiger partial charge in [0, 0.05) is 25.7 Å². The van der Waals surface area contributed by atoms with Crippen LogP contribution in [0.2, 0.25) is 0 Å². The van der Waals surface area contributed by atoms with E-state index in [4.69, 9.17) is 10.5 Å². The molecule has 0 aromatic rings. The number of nitrogens with zero attached hydrogens (tertiary/aromatic N) is 1. The van der Waals surface area contributed by atoms with Gasteiger partial charge in [-0.25, -0.2) is 0 Å². The van der Waals surface area contributed by atoms with Crippen LogP contribution in [0.1, 0.15) is 26.7 Å². The summed E-state index contributed by atoms with van der Waals surface area (Å²) in [5.74, 6) is 0.848. The monoisotopic (exact) mass is 236 g/mol. The summed E-state index contributed by atoms with van der Waals surface area (Å²) in [5, 5.41) is 0. The normalized spacial score (nSPS) is 27.4. The summed E-state index contributed by atoms with van der Waals surface area (Å²) >= 11 is 0. The highest BCUT2D eigenvalue weighted by molar-refractivity contribution is 5.85. The van der Waals surface area contributed by atoms with E-state index in [0.717, 1.165) is 25.1 Å².